The number of piperidine rings is 1. The van der Waals surface area contributed by atoms with Crippen molar-refractivity contribution in [1.82, 2.24) is 9.62 Å². The Hall–Kier alpha value is -0.340. The van der Waals surface area contributed by atoms with E-state index in [0.29, 0.717) is 13.1 Å². The van der Waals surface area contributed by atoms with E-state index in [4.69, 9.17) is 0 Å². The molecule has 0 aromatic rings. The van der Waals surface area contributed by atoms with Crippen LogP contribution in [0.2, 0.25) is 0 Å². The van der Waals surface area contributed by atoms with Crippen LogP contribution in [-0.2, 0) is 10.0 Å². The minimum atomic E-state index is -4.41. The molecule has 2 saturated heterocycles. The zero-order valence-electron chi connectivity index (χ0n) is 9.96. The van der Waals surface area contributed by atoms with Crippen LogP contribution in [0.15, 0.2) is 0 Å². The predicted molar refractivity (Wildman–Crippen MR) is 60.6 cm³/mol. The van der Waals surface area contributed by atoms with Gasteiger partial charge in [-0.1, -0.05) is 0 Å². The number of hydrogen-bond acceptors (Lipinski definition) is 3. The van der Waals surface area contributed by atoms with Crippen molar-refractivity contribution in [1.29, 1.82) is 0 Å². The number of nitrogens with one attached hydrogen (secondary N) is 1. The lowest BCUT2D eigenvalue weighted by Crippen LogP contribution is -2.58. The van der Waals surface area contributed by atoms with Crippen LogP contribution < -0.4 is 5.32 Å². The number of alkyl halides is 3. The summed E-state index contributed by atoms with van der Waals surface area (Å²) < 4.78 is 60.9. The number of nitrogens with zero attached hydrogens (tertiary/aromatic N) is 1. The van der Waals surface area contributed by atoms with Gasteiger partial charge in [0.15, 0.2) is 0 Å². The molecule has 0 radical (unpaired) electrons. The predicted octanol–water partition coefficient (Wildman–Crippen LogP) is 0.954. The highest BCUT2D eigenvalue weighted by Crippen LogP contribution is 2.36. The summed E-state index contributed by atoms with van der Waals surface area (Å²) in [7, 11) is -3.76. The quantitative estimate of drug-likeness (QED) is 0.840. The van der Waals surface area contributed by atoms with Gasteiger partial charge in [-0.3, -0.25) is 0 Å². The summed E-state index contributed by atoms with van der Waals surface area (Å²) in [6.07, 6.45) is -4.20. The smallest absolute Gasteiger partial charge is 0.316 e. The molecule has 0 atom stereocenters. The van der Waals surface area contributed by atoms with Gasteiger partial charge in [0.25, 0.3) is 0 Å². The van der Waals surface area contributed by atoms with E-state index in [2.05, 4.69) is 5.32 Å². The fraction of sp³-hybridized carbons (Fsp3) is 1.00. The Morgan fingerprint density at radius 1 is 1.17 bits per heavy atom. The zero-order chi connectivity index (χ0) is 13.4. The van der Waals surface area contributed by atoms with E-state index < -0.39 is 28.4 Å². The first-order valence-electron chi connectivity index (χ1n) is 5.98. The number of sulfonamides is 1. The molecule has 1 N–H and O–H groups in total. The molecule has 8 heteroatoms. The molecule has 2 aliphatic heterocycles. The largest absolute Gasteiger partial charge is 0.390 e. The molecule has 0 aromatic carbocycles. The normalized spacial score (nSPS) is 25.1. The fourth-order valence-electron chi connectivity index (χ4n) is 2.44. The highest BCUT2D eigenvalue weighted by Gasteiger charge is 2.42. The van der Waals surface area contributed by atoms with Crippen molar-refractivity contribution in [3.8, 4) is 0 Å². The van der Waals surface area contributed by atoms with Crippen molar-refractivity contribution in [2.75, 3.05) is 31.9 Å². The molecule has 2 aliphatic rings. The van der Waals surface area contributed by atoms with E-state index in [-0.39, 0.29) is 5.41 Å². The Morgan fingerprint density at radius 3 is 2.11 bits per heavy atom. The van der Waals surface area contributed by atoms with Crippen LogP contribution in [0.25, 0.3) is 0 Å². The molecule has 0 aromatic heterocycles. The van der Waals surface area contributed by atoms with Crippen LogP contribution >= 0.6 is 0 Å². The van der Waals surface area contributed by atoms with E-state index in [0.717, 1.165) is 25.9 Å². The molecule has 2 heterocycles. The Bertz CT molecular complexity index is 394. The average Bonchev–Trinajstić information content (AvgIpc) is 2.24. The van der Waals surface area contributed by atoms with Crippen molar-refractivity contribution in [2.24, 2.45) is 5.41 Å². The summed E-state index contributed by atoms with van der Waals surface area (Å²) in [5.74, 6) is -0.832. The number of halogens is 3. The second-order valence-corrected chi connectivity index (χ2v) is 7.27. The van der Waals surface area contributed by atoms with Gasteiger partial charge in [-0.25, -0.2) is 12.7 Å². The van der Waals surface area contributed by atoms with E-state index >= 15 is 0 Å². The third-order valence-corrected chi connectivity index (χ3v) is 5.69. The van der Waals surface area contributed by atoms with Gasteiger partial charge in [-0.15, -0.1) is 0 Å². The second-order valence-electron chi connectivity index (χ2n) is 5.18. The third kappa shape index (κ3) is 3.16. The van der Waals surface area contributed by atoms with Gasteiger partial charge in [0.1, 0.15) is 0 Å². The monoisotopic (exact) mass is 286 g/mol. The van der Waals surface area contributed by atoms with Crippen molar-refractivity contribution >= 4 is 10.0 Å². The van der Waals surface area contributed by atoms with E-state index in [1.165, 1.54) is 4.31 Å². The molecule has 18 heavy (non-hydrogen) atoms. The van der Waals surface area contributed by atoms with Crippen molar-refractivity contribution < 1.29 is 21.6 Å². The summed E-state index contributed by atoms with van der Waals surface area (Å²) in [6, 6.07) is 0. The standard InChI is InChI=1S/C10H17F3N2O2S/c11-10(12,13)3-6-18(16,17)15-4-1-9(2-5-15)7-14-8-9/h14H,1-8H2. The molecule has 2 fully saturated rings. The lowest BCUT2D eigenvalue weighted by atomic mass is 9.74. The molecule has 1 spiro atoms. The molecule has 4 nitrogen and oxygen atoms in total. The Kier molecular flexibility index (Phi) is 3.63. The summed E-state index contributed by atoms with van der Waals surface area (Å²) in [6.45, 7) is 2.48. The van der Waals surface area contributed by atoms with Crippen LogP contribution in [0.5, 0.6) is 0 Å². The summed E-state index contributed by atoms with van der Waals surface area (Å²) in [5.41, 5.74) is 0.191. The summed E-state index contributed by atoms with van der Waals surface area (Å²) >= 11 is 0. The maximum absolute atomic E-state index is 12.0. The first-order chi connectivity index (χ1) is 8.23. The van der Waals surface area contributed by atoms with E-state index in [1.54, 1.807) is 0 Å². The second kappa shape index (κ2) is 4.64. The number of hydrogen-bond donors (Lipinski definition) is 1. The average molecular weight is 286 g/mol. The SMILES string of the molecule is O=S(=O)(CCC(F)(F)F)N1CCC2(CC1)CNC2. The zero-order valence-corrected chi connectivity index (χ0v) is 10.8. The van der Waals surface area contributed by atoms with E-state index in [9.17, 15) is 21.6 Å². The molecule has 0 unspecified atom stereocenters. The van der Waals surface area contributed by atoms with Crippen LogP contribution in [0, 0.1) is 5.41 Å². The van der Waals surface area contributed by atoms with Crippen LogP contribution in [0.3, 0.4) is 0 Å². The first-order valence-corrected chi connectivity index (χ1v) is 7.59. The molecule has 0 saturated carbocycles. The van der Waals surface area contributed by atoms with Crippen molar-refractivity contribution in [3.05, 3.63) is 0 Å². The van der Waals surface area contributed by atoms with Gasteiger partial charge in [-0.2, -0.15) is 13.2 Å². The van der Waals surface area contributed by atoms with Crippen LogP contribution in [0.4, 0.5) is 13.2 Å². The number of rotatable bonds is 3. The minimum Gasteiger partial charge on any atom is -0.316 e. The fourth-order valence-corrected chi connectivity index (χ4v) is 3.93. The molecule has 106 valence electrons. The maximum atomic E-state index is 12.0. The van der Waals surface area contributed by atoms with Crippen molar-refractivity contribution in [2.45, 2.75) is 25.4 Å². The Morgan fingerprint density at radius 2 is 1.72 bits per heavy atom. The third-order valence-electron chi connectivity index (χ3n) is 3.82. The van der Waals surface area contributed by atoms with Gasteiger partial charge >= 0.3 is 6.18 Å². The summed E-state index contributed by atoms with van der Waals surface area (Å²) in [4.78, 5) is 0. The van der Waals surface area contributed by atoms with Crippen molar-refractivity contribution in [3.63, 3.8) is 0 Å². The highest BCUT2D eigenvalue weighted by atomic mass is 32.2. The lowest BCUT2D eigenvalue weighted by molar-refractivity contribution is -0.130. The van der Waals surface area contributed by atoms with Gasteiger partial charge in [0.2, 0.25) is 10.0 Å². The van der Waals surface area contributed by atoms with Gasteiger partial charge < -0.3 is 5.32 Å². The van der Waals surface area contributed by atoms with Gasteiger partial charge in [-0.05, 0) is 18.3 Å². The van der Waals surface area contributed by atoms with E-state index in [1.807, 2.05) is 0 Å². The molecular formula is C10H17F3N2O2S. The Balaban J connectivity index is 1.87. The minimum absolute atomic E-state index is 0.191. The molecule has 0 bridgehead atoms. The van der Waals surface area contributed by atoms with Gasteiger partial charge in [0.05, 0.1) is 12.2 Å². The Labute approximate surface area is 105 Å². The van der Waals surface area contributed by atoms with Crippen LogP contribution in [-0.4, -0.2) is 50.8 Å². The lowest BCUT2D eigenvalue weighted by Gasteiger charge is -2.47. The summed E-state index contributed by atoms with van der Waals surface area (Å²) in [5, 5.41) is 3.15. The first kappa shape index (κ1) is 14.1. The molecule has 0 amide bonds. The molecular weight excluding hydrogens is 269 g/mol. The van der Waals surface area contributed by atoms with Crippen LogP contribution in [0.1, 0.15) is 19.3 Å². The molecule has 0 aliphatic carbocycles. The maximum Gasteiger partial charge on any atom is 0.390 e. The highest BCUT2D eigenvalue weighted by molar-refractivity contribution is 7.89. The topological polar surface area (TPSA) is 49.4 Å². The van der Waals surface area contributed by atoms with Gasteiger partial charge in [0, 0.05) is 26.2 Å². The molecule has 2 rings (SSSR count).